The van der Waals surface area contributed by atoms with Gasteiger partial charge in [0, 0.05) is 6.61 Å². The van der Waals surface area contributed by atoms with Crippen molar-refractivity contribution in [1.29, 1.82) is 0 Å². The molecule has 1 saturated carbocycles. The van der Waals surface area contributed by atoms with Crippen LogP contribution < -0.4 is 5.32 Å². The summed E-state index contributed by atoms with van der Waals surface area (Å²) in [6.07, 6.45) is 2.83. The molecule has 4 heteroatoms. The molecule has 0 bridgehead atoms. The summed E-state index contributed by atoms with van der Waals surface area (Å²) in [5.74, 6) is -0.129. The number of rotatable bonds is 5. The van der Waals surface area contributed by atoms with Crippen LogP contribution in [0.15, 0.2) is 0 Å². The minimum absolute atomic E-state index is 0.0326. The van der Waals surface area contributed by atoms with Crippen molar-refractivity contribution in [2.45, 2.75) is 31.7 Å². The SMILES string of the molecule is CCOCC(=O)NC1(CO)CCC1. The van der Waals surface area contributed by atoms with E-state index in [1.165, 1.54) is 0 Å². The van der Waals surface area contributed by atoms with Crippen LogP contribution in [-0.4, -0.2) is 36.4 Å². The van der Waals surface area contributed by atoms with Crippen LogP contribution in [0.25, 0.3) is 0 Å². The Morgan fingerprint density at radius 2 is 2.31 bits per heavy atom. The first-order chi connectivity index (χ1) is 6.22. The molecule has 0 aromatic rings. The van der Waals surface area contributed by atoms with Crippen molar-refractivity contribution in [2.24, 2.45) is 0 Å². The van der Waals surface area contributed by atoms with Gasteiger partial charge in [0.1, 0.15) is 6.61 Å². The fourth-order valence-corrected chi connectivity index (χ4v) is 1.45. The van der Waals surface area contributed by atoms with E-state index in [-0.39, 0.29) is 24.7 Å². The zero-order valence-corrected chi connectivity index (χ0v) is 8.01. The van der Waals surface area contributed by atoms with Gasteiger partial charge in [-0.1, -0.05) is 0 Å². The summed E-state index contributed by atoms with van der Waals surface area (Å²) in [6.45, 7) is 2.51. The van der Waals surface area contributed by atoms with E-state index < -0.39 is 0 Å². The maximum Gasteiger partial charge on any atom is 0.246 e. The molecule has 0 aromatic heterocycles. The quantitative estimate of drug-likeness (QED) is 0.639. The molecule has 1 aliphatic carbocycles. The maximum atomic E-state index is 11.2. The van der Waals surface area contributed by atoms with E-state index in [1.807, 2.05) is 6.92 Å². The van der Waals surface area contributed by atoms with Gasteiger partial charge in [-0.15, -0.1) is 0 Å². The van der Waals surface area contributed by atoms with Crippen LogP contribution in [0.5, 0.6) is 0 Å². The van der Waals surface area contributed by atoms with Crippen molar-refractivity contribution in [3.8, 4) is 0 Å². The van der Waals surface area contributed by atoms with E-state index in [9.17, 15) is 4.79 Å². The number of carbonyl (C=O) groups excluding carboxylic acids is 1. The van der Waals surface area contributed by atoms with Gasteiger partial charge in [-0.25, -0.2) is 0 Å². The van der Waals surface area contributed by atoms with Crippen LogP contribution in [0.2, 0.25) is 0 Å². The van der Waals surface area contributed by atoms with Crippen LogP contribution in [0, 0.1) is 0 Å². The Kier molecular flexibility index (Phi) is 3.69. The van der Waals surface area contributed by atoms with Gasteiger partial charge < -0.3 is 15.2 Å². The van der Waals surface area contributed by atoms with Gasteiger partial charge >= 0.3 is 0 Å². The van der Waals surface area contributed by atoms with Gasteiger partial charge in [0.25, 0.3) is 0 Å². The highest BCUT2D eigenvalue weighted by atomic mass is 16.5. The third kappa shape index (κ3) is 2.67. The molecule has 76 valence electrons. The lowest BCUT2D eigenvalue weighted by atomic mass is 9.77. The average molecular weight is 187 g/mol. The van der Waals surface area contributed by atoms with E-state index in [2.05, 4.69) is 5.32 Å². The molecule has 1 fully saturated rings. The summed E-state index contributed by atoms with van der Waals surface area (Å²) in [7, 11) is 0. The first-order valence-corrected chi connectivity index (χ1v) is 4.72. The molecule has 1 rings (SSSR count). The number of hydrogen-bond donors (Lipinski definition) is 2. The van der Waals surface area contributed by atoms with Crippen LogP contribution in [0.4, 0.5) is 0 Å². The monoisotopic (exact) mass is 187 g/mol. The predicted octanol–water partition coefficient (Wildman–Crippen LogP) is 0.0541. The Labute approximate surface area is 78.3 Å². The Hall–Kier alpha value is -0.610. The normalized spacial score (nSPS) is 19.2. The van der Waals surface area contributed by atoms with E-state index in [0.29, 0.717) is 6.61 Å². The molecule has 0 aromatic carbocycles. The topological polar surface area (TPSA) is 58.6 Å². The van der Waals surface area contributed by atoms with E-state index in [4.69, 9.17) is 9.84 Å². The number of carbonyl (C=O) groups is 1. The van der Waals surface area contributed by atoms with Crippen molar-refractivity contribution in [3.63, 3.8) is 0 Å². The van der Waals surface area contributed by atoms with Crippen LogP contribution in [0.1, 0.15) is 26.2 Å². The van der Waals surface area contributed by atoms with Crippen molar-refractivity contribution < 1.29 is 14.6 Å². The molecule has 1 amide bonds. The zero-order valence-electron chi connectivity index (χ0n) is 8.01. The van der Waals surface area contributed by atoms with Crippen LogP contribution in [0.3, 0.4) is 0 Å². The van der Waals surface area contributed by atoms with Crippen LogP contribution in [-0.2, 0) is 9.53 Å². The molecule has 1 aliphatic rings. The van der Waals surface area contributed by atoms with Gasteiger partial charge in [-0.05, 0) is 26.2 Å². The zero-order chi connectivity index (χ0) is 9.73. The minimum Gasteiger partial charge on any atom is -0.394 e. The molecule has 0 atom stereocenters. The predicted molar refractivity (Wildman–Crippen MR) is 48.3 cm³/mol. The number of nitrogens with one attached hydrogen (secondary N) is 1. The lowest BCUT2D eigenvalue weighted by Gasteiger charge is -2.40. The highest BCUT2D eigenvalue weighted by molar-refractivity contribution is 5.78. The standard InChI is InChI=1S/C9H17NO3/c1-2-13-6-8(12)10-9(7-11)4-3-5-9/h11H,2-7H2,1H3,(H,10,12). The van der Waals surface area contributed by atoms with Gasteiger partial charge in [-0.2, -0.15) is 0 Å². The Balaban J connectivity index is 2.25. The van der Waals surface area contributed by atoms with Gasteiger partial charge in [0.05, 0.1) is 12.1 Å². The summed E-state index contributed by atoms with van der Waals surface area (Å²) >= 11 is 0. The summed E-state index contributed by atoms with van der Waals surface area (Å²) in [6, 6.07) is 0. The highest BCUT2D eigenvalue weighted by Crippen LogP contribution is 2.30. The maximum absolute atomic E-state index is 11.2. The smallest absolute Gasteiger partial charge is 0.246 e. The first-order valence-electron chi connectivity index (χ1n) is 4.72. The summed E-state index contributed by atoms with van der Waals surface area (Å²) < 4.78 is 4.96. The van der Waals surface area contributed by atoms with E-state index >= 15 is 0 Å². The minimum atomic E-state index is -0.339. The molecule has 0 saturated heterocycles. The summed E-state index contributed by atoms with van der Waals surface area (Å²) in [5, 5.41) is 11.9. The Morgan fingerprint density at radius 3 is 2.69 bits per heavy atom. The molecule has 0 spiro atoms. The molecule has 0 unspecified atom stereocenters. The lowest BCUT2D eigenvalue weighted by Crippen LogP contribution is -2.56. The number of aliphatic hydroxyl groups is 1. The number of amides is 1. The van der Waals surface area contributed by atoms with Crippen molar-refractivity contribution in [2.75, 3.05) is 19.8 Å². The van der Waals surface area contributed by atoms with Gasteiger partial charge in [0.2, 0.25) is 5.91 Å². The van der Waals surface area contributed by atoms with Crippen molar-refractivity contribution in [1.82, 2.24) is 5.32 Å². The van der Waals surface area contributed by atoms with E-state index in [1.54, 1.807) is 0 Å². The Bertz CT molecular complexity index is 172. The highest BCUT2D eigenvalue weighted by Gasteiger charge is 2.37. The molecular weight excluding hydrogens is 170 g/mol. The fourth-order valence-electron chi connectivity index (χ4n) is 1.45. The first kappa shape index (κ1) is 10.5. The molecule has 4 nitrogen and oxygen atoms in total. The molecule has 0 aliphatic heterocycles. The number of ether oxygens (including phenoxy) is 1. The Morgan fingerprint density at radius 1 is 1.62 bits per heavy atom. The molecule has 0 heterocycles. The van der Waals surface area contributed by atoms with Crippen LogP contribution >= 0.6 is 0 Å². The molecule has 13 heavy (non-hydrogen) atoms. The summed E-state index contributed by atoms with van der Waals surface area (Å²) in [5.41, 5.74) is -0.339. The number of hydrogen-bond acceptors (Lipinski definition) is 3. The largest absolute Gasteiger partial charge is 0.394 e. The fraction of sp³-hybridized carbons (Fsp3) is 0.889. The lowest BCUT2D eigenvalue weighted by molar-refractivity contribution is -0.129. The van der Waals surface area contributed by atoms with Crippen molar-refractivity contribution in [3.05, 3.63) is 0 Å². The molecule has 0 radical (unpaired) electrons. The van der Waals surface area contributed by atoms with Gasteiger partial charge in [0.15, 0.2) is 0 Å². The second kappa shape index (κ2) is 4.58. The molecular formula is C9H17NO3. The van der Waals surface area contributed by atoms with E-state index in [0.717, 1.165) is 19.3 Å². The third-order valence-electron chi connectivity index (χ3n) is 2.46. The average Bonchev–Trinajstić information content (AvgIpc) is 2.08. The summed E-state index contributed by atoms with van der Waals surface area (Å²) in [4.78, 5) is 11.2. The third-order valence-corrected chi connectivity index (χ3v) is 2.46. The second-order valence-corrected chi connectivity index (χ2v) is 3.48. The van der Waals surface area contributed by atoms with Crippen molar-refractivity contribution >= 4 is 5.91 Å². The molecule has 2 N–H and O–H groups in total. The van der Waals surface area contributed by atoms with Gasteiger partial charge in [-0.3, -0.25) is 4.79 Å². The second-order valence-electron chi connectivity index (χ2n) is 3.48. The number of aliphatic hydroxyl groups excluding tert-OH is 1.